The van der Waals surface area contributed by atoms with Crippen LogP contribution in [0.4, 0.5) is 0 Å². The number of aryl methyl sites for hydroxylation is 1. The van der Waals surface area contributed by atoms with Gasteiger partial charge < -0.3 is 11.1 Å². The molecule has 1 heterocycles. The van der Waals surface area contributed by atoms with Gasteiger partial charge in [0, 0.05) is 17.6 Å². The fourth-order valence-electron chi connectivity index (χ4n) is 2.81. The lowest BCUT2D eigenvalue weighted by Crippen LogP contribution is -2.52. The first-order valence-corrected chi connectivity index (χ1v) is 7.83. The zero-order chi connectivity index (χ0) is 17.0. The number of rotatable bonds is 6. The van der Waals surface area contributed by atoms with Crippen LogP contribution in [0.1, 0.15) is 43.1 Å². The summed E-state index contributed by atoms with van der Waals surface area (Å²) >= 11 is 0. The molecule has 0 radical (unpaired) electrons. The van der Waals surface area contributed by atoms with Crippen molar-refractivity contribution in [1.29, 1.82) is 0 Å². The molecule has 1 atom stereocenters. The molecule has 0 fully saturated rings. The molecule has 1 unspecified atom stereocenters. The zero-order valence-electron chi connectivity index (χ0n) is 14.6. The van der Waals surface area contributed by atoms with E-state index in [1.54, 1.807) is 11.0 Å². The van der Waals surface area contributed by atoms with Crippen molar-refractivity contribution in [2.45, 2.75) is 39.7 Å². The highest BCUT2D eigenvalue weighted by molar-refractivity contribution is 5.96. The predicted molar refractivity (Wildman–Crippen MR) is 97.7 cm³/mol. The zero-order valence-corrected chi connectivity index (χ0v) is 15.4. The van der Waals surface area contributed by atoms with E-state index < -0.39 is 5.54 Å². The molecular formula is C17H26ClN5O. The molecule has 0 aliphatic rings. The normalized spacial score (nSPS) is 13.2. The highest BCUT2D eigenvalue weighted by Gasteiger charge is 2.26. The number of carbonyl (C=O) groups is 1. The fraction of sp³-hybridized carbons (Fsp3) is 0.471. The molecule has 0 aliphatic heterocycles. The summed E-state index contributed by atoms with van der Waals surface area (Å²) in [7, 11) is 0. The van der Waals surface area contributed by atoms with E-state index >= 15 is 0 Å². The van der Waals surface area contributed by atoms with Crippen LogP contribution in [0.2, 0.25) is 0 Å². The number of halogens is 1. The Morgan fingerprint density at radius 3 is 2.62 bits per heavy atom. The molecule has 1 aromatic heterocycles. The molecule has 7 heteroatoms. The van der Waals surface area contributed by atoms with E-state index in [0.717, 1.165) is 17.7 Å². The lowest BCUT2D eigenvalue weighted by Gasteiger charge is -2.31. The van der Waals surface area contributed by atoms with Gasteiger partial charge in [-0.15, -0.1) is 12.4 Å². The first-order valence-electron chi connectivity index (χ1n) is 7.83. The highest BCUT2D eigenvalue weighted by Crippen LogP contribution is 2.18. The lowest BCUT2D eigenvalue weighted by molar-refractivity contribution is 0.0897. The predicted octanol–water partition coefficient (Wildman–Crippen LogP) is 2.49. The highest BCUT2D eigenvalue weighted by atomic mass is 35.5. The van der Waals surface area contributed by atoms with Crippen LogP contribution >= 0.6 is 12.4 Å². The second-order valence-corrected chi connectivity index (χ2v) is 6.66. The van der Waals surface area contributed by atoms with Crippen LogP contribution < -0.4 is 11.1 Å². The van der Waals surface area contributed by atoms with Gasteiger partial charge >= 0.3 is 0 Å². The molecule has 1 amide bonds. The lowest BCUT2D eigenvalue weighted by atomic mass is 9.90. The van der Waals surface area contributed by atoms with E-state index in [9.17, 15) is 4.79 Å². The SMILES string of the molecule is Cc1cc(-n2cncn2)ccc1C(=O)NC(C)(CN)CC(C)C.Cl. The monoisotopic (exact) mass is 351 g/mol. The molecule has 0 aliphatic carbocycles. The summed E-state index contributed by atoms with van der Waals surface area (Å²) in [5.74, 6) is 0.362. The standard InChI is InChI=1S/C17H25N5O.ClH/c1-12(2)8-17(4,9-18)21-16(23)15-6-5-14(7-13(15)3)22-11-19-10-20-22;/h5-7,10-12H,8-9,18H2,1-4H3,(H,21,23);1H. The maximum absolute atomic E-state index is 12.6. The molecule has 0 spiro atoms. The van der Waals surface area contributed by atoms with Crippen LogP contribution in [0.15, 0.2) is 30.9 Å². The molecule has 1 aromatic carbocycles. The van der Waals surface area contributed by atoms with Crippen molar-refractivity contribution in [2.24, 2.45) is 11.7 Å². The molecule has 0 saturated heterocycles. The summed E-state index contributed by atoms with van der Waals surface area (Å²) in [5.41, 5.74) is 7.89. The van der Waals surface area contributed by atoms with Gasteiger partial charge in [0.2, 0.25) is 0 Å². The maximum atomic E-state index is 12.6. The topological polar surface area (TPSA) is 85.8 Å². The Morgan fingerprint density at radius 2 is 2.12 bits per heavy atom. The third-order valence-corrected chi connectivity index (χ3v) is 3.86. The molecule has 0 bridgehead atoms. The largest absolute Gasteiger partial charge is 0.346 e. The Morgan fingerprint density at radius 1 is 1.42 bits per heavy atom. The third kappa shape index (κ3) is 4.79. The Balaban J connectivity index is 0.00000288. The number of benzene rings is 1. The first-order chi connectivity index (χ1) is 10.8. The number of nitrogens with two attached hydrogens (primary N) is 1. The van der Waals surface area contributed by atoms with E-state index in [4.69, 9.17) is 5.73 Å². The van der Waals surface area contributed by atoms with Crippen molar-refractivity contribution in [3.63, 3.8) is 0 Å². The van der Waals surface area contributed by atoms with Gasteiger partial charge in [-0.2, -0.15) is 5.10 Å². The number of nitrogens with zero attached hydrogens (tertiary/aromatic N) is 3. The minimum atomic E-state index is -0.401. The fourth-order valence-corrected chi connectivity index (χ4v) is 2.81. The van der Waals surface area contributed by atoms with Crippen molar-refractivity contribution in [3.8, 4) is 5.69 Å². The molecule has 0 saturated carbocycles. The van der Waals surface area contributed by atoms with Gasteiger partial charge in [-0.05, 0) is 49.9 Å². The number of amides is 1. The summed E-state index contributed by atoms with van der Waals surface area (Å²) < 4.78 is 1.66. The number of nitrogens with one attached hydrogen (secondary N) is 1. The van der Waals surface area contributed by atoms with Gasteiger partial charge in [-0.3, -0.25) is 4.79 Å². The Kier molecular flexibility index (Phi) is 6.93. The Labute approximate surface area is 149 Å². The van der Waals surface area contributed by atoms with Gasteiger partial charge in [0.05, 0.1) is 5.69 Å². The van der Waals surface area contributed by atoms with Crippen LogP contribution in [0.5, 0.6) is 0 Å². The van der Waals surface area contributed by atoms with Crippen molar-refractivity contribution in [3.05, 3.63) is 42.0 Å². The minimum absolute atomic E-state index is 0. The average molecular weight is 352 g/mol. The van der Waals surface area contributed by atoms with Gasteiger partial charge in [0.1, 0.15) is 12.7 Å². The first kappa shape index (κ1) is 20.1. The maximum Gasteiger partial charge on any atom is 0.252 e. The van der Waals surface area contributed by atoms with E-state index in [1.165, 1.54) is 6.33 Å². The number of carbonyl (C=O) groups excluding carboxylic acids is 1. The Bertz CT molecular complexity index is 672. The van der Waals surface area contributed by atoms with Gasteiger partial charge in [0.15, 0.2) is 0 Å². The average Bonchev–Trinajstić information content (AvgIpc) is 3.00. The molecule has 6 nitrogen and oxygen atoms in total. The Hall–Kier alpha value is -1.92. The molecule has 24 heavy (non-hydrogen) atoms. The van der Waals surface area contributed by atoms with Crippen LogP contribution in [-0.2, 0) is 0 Å². The van der Waals surface area contributed by atoms with Gasteiger partial charge in [0.25, 0.3) is 5.91 Å². The van der Waals surface area contributed by atoms with E-state index in [-0.39, 0.29) is 18.3 Å². The van der Waals surface area contributed by atoms with E-state index in [0.29, 0.717) is 18.0 Å². The van der Waals surface area contributed by atoms with Crippen LogP contribution in [-0.4, -0.2) is 32.8 Å². The van der Waals surface area contributed by atoms with Gasteiger partial charge in [-0.25, -0.2) is 9.67 Å². The van der Waals surface area contributed by atoms with Gasteiger partial charge in [-0.1, -0.05) is 13.8 Å². The number of hydrogen-bond acceptors (Lipinski definition) is 4. The number of hydrogen-bond donors (Lipinski definition) is 2. The summed E-state index contributed by atoms with van der Waals surface area (Å²) in [4.78, 5) is 16.5. The van der Waals surface area contributed by atoms with Crippen molar-refractivity contribution < 1.29 is 4.79 Å². The third-order valence-electron chi connectivity index (χ3n) is 3.86. The van der Waals surface area contributed by atoms with E-state index in [1.807, 2.05) is 32.0 Å². The molecule has 2 rings (SSSR count). The summed E-state index contributed by atoms with van der Waals surface area (Å²) in [6, 6.07) is 5.60. The second-order valence-electron chi connectivity index (χ2n) is 6.66. The summed E-state index contributed by atoms with van der Waals surface area (Å²) in [6.07, 6.45) is 3.95. The van der Waals surface area contributed by atoms with Crippen LogP contribution in [0.3, 0.4) is 0 Å². The molecular weight excluding hydrogens is 326 g/mol. The van der Waals surface area contributed by atoms with Crippen molar-refractivity contribution in [2.75, 3.05) is 6.54 Å². The van der Waals surface area contributed by atoms with Crippen molar-refractivity contribution >= 4 is 18.3 Å². The smallest absolute Gasteiger partial charge is 0.252 e. The molecule has 2 aromatic rings. The summed E-state index contributed by atoms with van der Waals surface area (Å²) in [6.45, 7) is 8.56. The summed E-state index contributed by atoms with van der Waals surface area (Å²) in [5, 5.41) is 7.18. The second kappa shape index (κ2) is 8.26. The molecule has 132 valence electrons. The van der Waals surface area contributed by atoms with E-state index in [2.05, 4.69) is 29.2 Å². The molecule has 3 N–H and O–H groups in total. The number of aromatic nitrogens is 3. The van der Waals surface area contributed by atoms with Crippen molar-refractivity contribution in [1.82, 2.24) is 20.1 Å². The quantitative estimate of drug-likeness (QED) is 0.837. The van der Waals surface area contributed by atoms with Crippen LogP contribution in [0, 0.1) is 12.8 Å². The van der Waals surface area contributed by atoms with Crippen LogP contribution in [0.25, 0.3) is 5.69 Å². The minimum Gasteiger partial charge on any atom is -0.346 e.